The van der Waals surface area contributed by atoms with Gasteiger partial charge in [-0.25, -0.2) is 0 Å². The molecule has 0 aromatic carbocycles. The minimum atomic E-state index is -0.765. The van der Waals surface area contributed by atoms with Gasteiger partial charge in [0.25, 0.3) is 5.91 Å². The first kappa shape index (κ1) is 14.1. The van der Waals surface area contributed by atoms with Crippen LogP contribution in [-0.2, 0) is 13.0 Å². The van der Waals surface area contributed by atoms with Gasteiger partial charge in [0.15, 0.2) is 0 Å². The first-order valence-electron chi connectivity index (χ1n) is 7.05. The van der Waals surface area contributed by atoms with Gasteiger partial charge in [-0.05, 0) is 39.2 Å². The lowest BCUT2D eigenvalue weighted by atomic mass is 9.95. The van der Waals surface area contributed by atoms with Crippen molar-refractivity contribution in [3.8, 4) is 0 Å². The second-order valence-corrected chi connectivity index (χ2v) is 5.52. The zero-order valence-corrected chi connectivity index (χ0v) is 12.0. The molecule has 1 aliphatic rings. The molecule has 1 unspecified atom stereocenters. The minimum absolute atomic E-state index is 0.0194. The van der Waals surface area contributed by atoms with Crippen LogP contribution in [0.25, 0.3) is 0 Å². The summed E-state index contributed by atoms with van der Waals surface area (Å²) in [5.41, 5.74) is 0.810. The first-order valence-corrected chi connectivity index (χ1v) is 7.05. The smallest absolute Gasteiger partial charge is 0.272 e. The Bertz CT molecular complexity index is 465. The average molecular weight is 265 g/mol. The molecular weight excluding hydrogens is 242 g/mol. The quantitative estimate of drug-likeness (QED) is 0.900. The van der Waals surface area contributed by atoms with Crippen LogP contribution in [0.3, 0.4) is 0 Å². The number of likely N-dealkylation sites (tertiary alicyclic amines) is 1. The van der Waals surface area contributed by atoms with Gasteiger partial charge in [-0.1, -0.05) is 6.92 Å². The highest BCUT2D eigenvalue weighted by atomic mass is 16.3. The fraction of sp³-hybridized carbons (Fsp3) is 0.714. The van der Waals surface area contributed by atoms with E-state index in [9.17, 15) is 9.90 Å². The molecule has 0 spiro atoms. The van der Waals surface area contributed by atoms with E-state index in [2.05, 4.69) is 5.10 Å². The van der Waals surface area contributed by atoms with Gasteiger partial charge in [-0.15, -0.1) is 0 Å². The van der Waals surface area contributed by atoms with E-state index < -0.39 is 5.60 Å². The highest BCUT2D eigenvalue weighted by molar-refractivity contribution is 5.92. The van der Waals surface area contributed by atoms with Crippen molar-refractivity contribution in [2.75, 3.05) is 13.1 Å². The predicted molar refractivity (Wildman–Crippen MR) is 73.0 cm³/mol. The molecule has 1 aromatic heterocycles. The molecule has 106 valence electrons. The van der Waals surface area contributed by atoms with Gasteiger partial charge in [0.2, 0.25) is 0 Å². The van der Waals surface area contributed by atoms with Crippen LogP contribution in [0.2, 0.25) is 0 Å². The number of aromatic nitrogens is 2. The molecule has 1 atom stereocenters. The zero-order valence-electron chi connectivity index (χ0n) is 12.0. The third-order valence-electron chi connectivity index (χ3n) is 3.67. The van der Waals surface area contributed by atoms with E-state index in [0.29, 0.717) is 25.3 Å². The molecule has 2 rings (SSSR count). The molecule has 0 bridgehead atoms. The van der Waals surface area contributed by atoms with Crippen molar-refractivity contribution in [1.29, 1.82) is 0 Å². The van der Waals surface area contributed by atoms with E-state index in [1.54, 1.807) is 16.5 Å². The Kier molecular flexibility index (Phi) is 3.94. The van der Waals surface area contributed by atoms with Crippen LogP contribution in [0.1, 0.15) is 49.8 Å². The van der Waals surface area contributed by atoms with Crippen LogP contribution < -0.4 is 0 Å². The highest BCUT2D eigenvalue weighted by Crippen LogP contribution is 2.22. The molecule has 1 amide bonds. The van der Waals surface area contributed by atoms with Gasteiger partial charge in [0.1, 0.15) is 5.69 Å². The van der Waals surface area contributed by atoms with Crippen molar-refractivity contribution >= 4 is 5.91 Å². The van der Waals surface area contributed by atoms with Crippen molar-refractivity contribution in [1.82, 2.24) is 14.7 Å². The normalized spacial score (nSPS) is 23.7. The van der Waals surface area contributed by atoms with Gasteiger partial charge in [-0.3, -0.25) is 9.48 Å². The SMILES string of the molecule is CCc1cc(C(=O)N2CCCC(C)(O)C2)n(CC)n1. The van der Waals surface area contributed by atoms with E-state index in [1.165, 1.54) is 0 Å². The van der Waals surface area contributed by atoms with Gasteiger partial charge in [-0.2, -0.15) is 5.10 Å². The topological polar surface area (TPSA) is 58.4 Å². The van der Waals surface area contributed by atoms with E-state index >= 15 is 0 Å². The molecule has 1 aliphatic heterocycles. The van der Waals surface area contributed by atoms with Crippen LogP contribution >= 0.6 is 0 Å². The van der Waals surface area contributed by atoms with Crippen molar-refractivity contribution in [3.63, 3.8) is 0 Å². The Morgan fingerprint density at radius 1 is 1.53 bits per heavy atom. The third-order valence-corrected chi connectivity index (χ3v) is 3.67. The molecule has 5 heteroatoms. The number of nitrogens with zero attached hydrogens (tertiary/aromatic N) is 3. The second kappa shape index (κ2) is 5.33. The van der Waals surface area contributed by atoms with E-state index in [-0.39, 0.29) is 5.91 Å². The fourth-order valence-corrected chi connectivity index (χ4v) is 2.61. The fourth-order valence-electron chi connectivity index (χ4n) is 2.61. The number of aryl methyl sites for hydroxylation is 2. The maximum atomic E-state index is 12.6. The van der Waals surface area contributed by atoms with Crippen molar-refractivity contribution < 1.29 is 9.90 Å². The van der Waals surface area contributed by atoms with Crippen molar-refractivity contribution in [2.24, 2.45) is 0 Å². The van der Waals surface area contributed by atoms with Crippen molar-refractivity contribution in [3.05, 3.63) is 17.5 Å². The summed E-state index contributed by atoms with van der Waals surface area (Å²) in [5, 5.41) is 14.5. The Morgan fingerprint density at radius 3 is 2.84 bits per heavy atom. The molecule has 0 saturated carbocycles. The molecule has 0 radical (unpaired) electrons. The lowest BCUT2D eigenvalue weighted by Gasteiger charge is -2.36. The van der Waals surface area contributed by atoms with Gasteiger partial charge < -0.3 is 10.0 Å². The van der Waals surface area contributed by atoms with E-state index in [0.717, 1.165) is 25.0 Å². The van der Waals surface area contributed by atoms with Crippen LogP contribution in [0, 0.1) is 0 Å². The summed E-state index contributed by atoms with van der Waals surface area (Å²) in [7, 11) is 0. The predicted octanol–water partition coefficient (Wildman–Crippen LogP) is 1.45. The van der Waals surface area contributed by atoms with E-state index in [4.69, 9.17) is 0 Å². The Labute approximate surface area is 114 Å². The number of amides is 1. The summed E-state index contributed by atoms with van der Waals surface area (Å²) in [4.78, 5) is 14.3. The molecule has 0 aliphatic carbocycles. The third kappa shape index (κ3) is 2.97. The second-order valence-electron chi connectivity index (χ2n) is 5.52. The summed E-state index contributed by atoms with van der Waals surface area (Å²) >= 11 is 0. The molecule has 2 heterocycles. The first-order chi connectivity index (χ1) is 8.96. The molecule has 1 fully saturated rings. The van der Waals surface area contributed by atoms with Gasteiger partial charge in [0, 0.05) is 19.6 Å². The number of piperidine rings is 1. The zero-order chi connectivity index (χ0) is 14.0. The number of rotatable bonds is 3. The van der Waals surface area contributed by atoms with E-state index in [1.807, 2.05) is 19.9 Å². The molecule has 19 heavy (non-hydrogen) atoms. The highest BCUT2D eigenvalue weighted by Gasteiger charge is 2.32. The van der Waals surface area contributed by atoms with Gasteiger partial charge in [0.05, 0.1) is 11.3 Å². The van der Waals surface area contributed by atoms with Crippen LogP contribution in [-0.4, -0.2) is 44.4 Å². The lowest BCUT2D eigenvalue weighted by Crippen LogP contribution is -2.49. The summed E-state index contributed by atoms with van der Waals surface area (Å²) in [6.07, 6.45) is 2.43. The number of carbonyl (C=O) groups is 1. The Morgan fingerprint density at radius 2 is 2.26 bits per heavy atom. The number of carbonyl (C=O) groups excluding carboxylic acids is 1. The average Bonchev–Trinajstić information content (AvgIpc) is 2.80. The monoisotopic (exact) mass is 265 g/mol. The summed E-state index contributed by atoms with van der Waals surface area (Å²) in [6, 6.07) is 1.87. The van der Waals surface area contributed by atoms with Crippen LogP contribution in [0.4, 0.5) is 0 Å². The number of aliphatic hydroxyl groups is 1. The maximum absolute atomic E-state index is 12.6. The van der Waals surface area contributed by atoms with Crippen LogP contribution in [0.15, 0.2) is 6.07 Å². The van der Waals surface area contributed by atoms with Gasteiger partial charge >= 0.3 is 0 Å². The maximum Gasteiger partial charge on any atom is 0.272 e. The standard InChI is InChI=1S/C14H23N3O2/c1-4-11-9-12(17(5-2)15-11)13(18)16-8-6-7-14(3,19)10-16/h9,19H,4-8,10H2,1-3H3. The molecule has 1 aromatic rings. The Hall–Kier alpha value is -1.36. The summed E-state index contributed by atoms with van der Waals surface area (Å²) < 4.78 is 1.75. The summed E-state index contributed by atoms with van der Waals surface area (Å²) in [6.45, 7) is 7.61. The molecule has 1 saturated heterocycles. The van der Waals surface area contributed by atoms with Crippen LogP contribution in [0.5, 0.6) is 0 Å². The molecule has 5 nitrogen and oxygen atoms in total. The summed E-state index contributed by atoms with van der Waals surface area (Å²) in [5.74, 6) is -0.0194. The Balaban J connectivity index is 2.21. The number of hydrogen-bond donors (Lipinski definition) is 1. The molecular formula is C14H23N3O2. The number of β-amino-alcohol motifs (C(OH)–C–C–N with tert-alkyl or cyclic N) is 1. The largest absolute Gasteiger partial charge is 0.388 e. The molecule has 1 N–H and O–H groups in total. The minimum Gasteiger partial charge on any atom is -0.388 e. The van der Waals surface area contributed by atoms with Crippen molar-refractivity contribution in [2.45, 2.75) is 52.2 Å². The number of hydrogen-bond acceptors (Lipinski definition) is 3. The lowest BCUT2D eigenvalue weighted by molar-refractivity contribution is -0.0111.